The Morgan fingerprint density at radius 1 is 1.62 bits per heavy atom. The van der Waals surface area contributed by atoms with E-state index in [-0.39, 0.29) is 22.3 Å². The summed E-state index contributed by atoms with van der Waals surface area (Å²) in [5.41, 5.74) is 0.547. The van der Waals surface area contributed by atoms with Gasteiger partial charge in [-0.05, 0) is 34.5 Å². The van der Waals surface area contributed by atoms with E-state index in [0.29, 0.717) is 5.56 Å². The van der Waals surface area contributed by atoms with Crippen molar-refractivity contribution >= 4 is 21.9 Å². The molecule has 0 aliphatic rings. The highest BCUT2D eigenvalue weighted by molar-refractivity contribution is 9.10. The molecule has 1 aromatic rings. The molecule has 0 N–H and O–H groups in total. The fourth-order valence-electron chi connectivity index (χ4n) is 1.21. The van der Waals surface area contributed by atoms with Crippen LogP contribution in [0.2, 0.25) is 0 Å². The molecule has 0 spiro atoms. The van der Waals surface area contributed by atoms with Crippen LogP contribution in [0.4, 0.5) is 8.78 Å². The maximum atomic E-state index is 12.6. The van der Waals surface area contributed by atoms with Gasteiger partial charge in [0.05, 0.1) is 19.2 Å². The molecule has 3 nitrogen and oxygen atoms in total. The van der Waals surface area contributed by atoms with E-state index >= 15 is 0 Å². The van der Waals surface area contributed by atoms with E-state index in [1.807, 2.05) is 0 Å². The predicted molar refractivity (Wildman–Crippen MR) is 57.4 cm³/mol. The molecule has 0 fully saturated rings. The first-order chi connectivity index (χ1) is 7.45. The van der Waals surface area contributed by atoms with Crippen molar-refractivity contribution < 1.29 is 18.3 Å². The summed E-state index contributed by atoms with van der Waals surface area (Å²) in [6.45, 7) is 1.67. The lowest BCUT2D eigenvalue weighted by atomic mass is 10.2. The number of rotatable bonds is 3. The van der Waals surface area contributed by atoms with Gasteiger partial charge in [0.1, 0.15) is 5.69 Å². The first kappa shape index (κ1) is 13.0. The first-order valence-corrected chi connectivity index (χ1v) is 5.26. The quantitative estimate of drug-likeness (QED) is 0.805. The molecule has 0 aliphatic heterocycles. The minimum atomic E-state index is -2.68. The summed E-state index contributed by atoms with van der Waals surface area (Å²) >= 11 is 3.04. The Morgan fingerprint density at radius 3 is 2.75 bits per heavy atom. The van der Waals surface area contributed by atoms with E-state index < -0.39 is 12.4 Å². The van der Waals surface area contributed by atoms with Crippen LogP contribution >= 0.6 is 15.9 Å². The van der Waals surface area contributed by atoms with Crippen LogP contribution in [0.25, 0.3) is 0 Å². The molecule has 0 radical (unpaired) electrons. The summed E-state index contributed by atoms with van der Waals surface area (Å²) in [5.74, 6) is -0.505. The molecular weight excluding hydrogens is 284 g/mol. The normalized spacial score (nSPS) is 10.6. The van der Waals surface area contributed by atoms with Crippen molar-refractivity contribution in [3.8, 4) is 0 Å². The summed E-state index contributed by atoms with van der Waals surface area (Å²) in [6, 6.07) is 1.58. The highest BCUT2D eigenvalue weighted by atomic mass is 79.9. The Bertz CT molecular complexity index is 410. The standard InChI is InChI=1S/C10H10BrF2NO2/c1-5-3-6(4-7(15)16-2)14-9(8(5)11)10(12)13/h3,10H,4H2,1-2H3. The van der Waals surface area contributed by atoms with Crippen LogP contribution in [0.1, 0.15) is 23.4 Å². The largest absolute Gasteiger partial charge is 0.469 e. The van der Waals surface area contributed by atoms with E-state index in [1.54, 1.807) is 13.0 Å². The number of aryl methyl sites for hydroxylation is 1. The monoisotopic (exact) mass is 293 g/mol. The van der Waals surface area contributed by atoms with Crippen LogP contribution in [0, 0.1) is 6.92 Å². The Labute approximate surface area is 99.9 Å². The van der Waals surface area contributed by atoms with Crippen LogP contribution < -0.4 is 0 Å². The number of aromatic nitrogens is 1. The van der Waals surface area contributed by atoms with Gasteiger partial charge in [0.15, 0.2) is 0 Å². The van der Waals surface area contributed by atoms with Gasteiger partial charge in [-0.3, -0.25) is 9.78 Å². The van der Waals surface area contributed by atoms with Crippen molar-refractivity contribution in [1.29, 1.82) is 0 Å². The van der Waals surface area contributed by atoms with E-state index in [0.717, 1.165) is 0 Å². The molecule has 88 valence electrons. The maximum Gasteiger partial charge on any atom is 0.311 e. The zero-order chi connectivity index (χ0) is 12.3. The number of methoxy groups -OCH3 is 1. The van der Waals surface area contributed by atoms with Crippen LogP contribution in [0.15, 0.2) is 10.5 Å². The zero-order valence-corrected chi connectivity index (χ0v) is 10.3. The maximum absolute atomic E-state index is 12.6. The summed E-state index contributed by atoms with van der Waals surface area (Å²) in [5, 5.41) is 0. The molecule has 0 aromatic carbocycles. The minimum Gasteiger partial charge on any atom is -0.469 e. The second-order valence-corrected chi connectivity index (χ2v) is 3.98. The molecule has 0 aliphatic carbocycles. The van der Waals surface area contributed by atoms with Crippen molar-refractivity contribution in [2.75, 3.05) is 7.11 Å². The number of carbonyl (C=O) groups excluding carboxylic acids is 1. The number of carbonyl (C=O) groups is 1. The number of nitrogens with zero attached hydrogens (tertiary/aromatic N) is 1. The van der Waals surface area contributed by atoms with Gasteiger partial charge in [0.25, 0.3) is 6.43 Å². The second kappa shape index (κ2) is 5.34. The summed E-state index contributed by atoms with van der Waals surface area (Å²) in [7, 11) is 1.24. The fraction of sp³-hybridized carbons (Fsp3) is 0.400. The number of esters is 1. The van der Waals surface area contributed by atoms with Gasteiger partial charge in [-0.2, -0.15) is 0 Å². The number of hydrogen-bond acceptors (Lipinski definition) is 3. The molecule has 0 unspecified atom stereocenters. The van der Waals surface area contributed by atoms with Crippen LogP contribution in [0.3, 0.4) is 0 Å². The van der Waals surface area contributed by atoms with Crippen molar-refractivity contribution in [1.82, 2.24) is 4.98 Å². The fourth-order valence-corrected chi connectivity index (χ4v) is 1.58. The Hall–Kier alpha value is -1.04. The van der Waals surface area contributed by atoms with E-state index in [4.69, 9.17) is 0 Å². The average molecular weight is 294 g/mol. The topological polar surface area (TPSA) is 39.2 Å². The number of halogens is 3. The minimum absolute atomic E-state index is 0.107. The van der Waals surface area contributed by atoms with Gasteiger partial charge in [-0.1, -0.05) is 0 Å². The third kappa shape index (κ3) is 2.98. The zero-order valence-electron chi connectivity index (χ0n) is 8.76. The van der Waals surface area contributed by atoms with Crippen LogP contribution in [0.5, 0.6) is 0 Å². The van der Waals surface area contributed by atoms with Crippen LogP contribution in [-0.4, -0.2) is 18.1 Å². The third-order valence-electron chi connectivity index (χ3n) is 1.98. The van der Waals surface area contributed by atoms with E-state index in [1.165, 1.54) is 7.11 Å². The molecule has 16 heavy (non-hydrogen) atoms. The number of alkyl halides is 2. The number of ether oxygens (including phenoxy) is 1. The highest BCUT2D eigenvalue weighted by Gasteiger charge is 2.17. The van der Waals surface area contributed by atoms with Gasteiger partial charge in [0.2, 0.25) is 0 Å². The molecular formula is C10H10BrF2NO2. The third-order valence-corrected chi connectivity index (χ3v) is 3.01. The Morgan fingerprint density at radius 2 is 2.25 bits per heavy atom. The molecule has 0 atom stereocenters. The SMILES string of the molecule is COC(=O)Cc1cc(C)c(Br)c(C(F)F)n1. The molecule has 6 heteroatoms. The smallest absolute Gasteiger partial charge is 0.311 e. The number of hydrogen-bond donors (Lipinski definition) is 0. The van der Waals surface area contributed by atoms with E-state index in [9.17, 15) is 13.6 Å². The predicted octanol–water partition coefficient (Wildman–Crippen LogP) is 2.81. The van der Waals surface area contributed by atoms with Crippen LogP contribution in [-0.2, 0) is 16.0 Å². The van der Waals surface area contributed by atoms with Crippen molar-refractivity contribution in [2.24, 2.45) is 0 Å². The molecule has 1 aromatic heterocycles. The van der Waals surface area contributed by atoms with Gasteiger partial charge in [-0.15, -0.1) is 0 Å². The molecule has 0 amide bonds. The molecule has 1 heterocycles. The lowest BCUT2D eigenvalue weighted by molar-refractivity contribution is -0.139. The molecule has 0 saturated heterocycles. The van der Waals surface area contributed by atoms with Crippen molar-refractivity contribution in [2.45, 2.75) is 19.8 Å². The molecule has 1 rings (SSSR count). The second-order valence-electron chi connectivity index (χ2n) is 3.18. The Kier molecular flexibility index (Phi) is 4.35. The lowest BCUT2D eigenvalue weighted by Crippen LogP contribution is -2.08. The molecule has 0 bridgehead atoms. The van der Waals surface area contributed by atoms with Gasteiger partial charge in [-0.25, -0.2) is 8.78 Å². The van der Waals surface area contributed by atoms with E-state index in [2.05, 4.69) is 25.7 Å². The lowest BCUT2D eigenvalue weighted by Gasteiger charge is -2.08. The van der Waals surface area contributed by atoms with Gasteiger partial charge < -0.3 is 4.74 Å². The molecule has 0 saturated carbocycles. The Balaban J connectivity index is 3.09. The van der Waals surface area contributed by atoms with Crippen molar-refractivity contribution in [3.05, 3.63) is 27.5 Å². The van der Waals surface area contributed by atoms with Crippen molar-refractivity contribution in [3.63, 3.8) is 0 Å². The average Bonchev–Trinajstić information content (AvgIpc) is 2.22. The number of pyridine rings is 1. The summed E-state index contributed by atoms with van der Waals surface area (Å²) in [6.07, 6.45) is -2.78. The summed E-state index contributed by atoms with van der Waals surface area (Å²) < 4.78 is 29.9. The van der Waals surface area contributed by atoms with Gasteiger partial charge in [0, 0.05) is 4.47 Å². The summed E-state index contributed by atoms with van der Waals surface area (Å²) in [4.78, 5) is 14.7. The van der Waals surface area contributed by atoms with Gasteiger partial charge >= 0.3 is 5.97 Å². The first-order valence-electron chi connectivity index (χ1n) is 4.46. The highest BCUT2D eigenvalue weighted by Crippen LogP contribution is 2.28.